The molecule has 1 atom stereocenters. The first-order valence-electron chi connectivity index (χ1n) is 8.53. The molecule has 0 spiro atoms. The van der Waals surface area contributed by atoms with Crippen LogP contribution in [0.4, 0.5) is 0 Å². The molecular weight excluding hydrogens is 391 g/mol. The second-order valence-electron chi connectivity index (χ2n) is 6.70. The number of likely N-dealkylation sites (tertiary alicyclic amines) is 1. The Morgan fingerprint density at radius 1 is 1.30 bits per heavy atom. The predicted molar refractivity (Wildman–Crippen MR) is 103 cm³/mol. The maximum absolute atomic E-state index is 12.6. The van der Waals surface area contributed by atoms with E-state index in [-0.39, 0.29) is 33.9 Å². The summed E-state index contributed by atoms with van der Waals surface area (Å²) < 4.78 is 1.33. The van der Waals surface area contributed by atoms with Crippen molar-refractivity contribution in [2.24, 2.45) is 18.7 Å². The zero-order valence-corrected chi connectivity index (χ0v) is 16.2. The van der Waals surface area contributed by atoms with Crippen LogP contribution >= 0.6 is 23.2 Å². The van der Waals surface area contributed by atoms with E-state index in [1.54, 1.807) is 18.0 Å². The molecule has 0 bridgehead atoms. The summed E-state index contributed by atoms with van der Waals surface area (Å²) in [5.74, 6) is -0.106. The molecule has 0 unspecified atom stereocenters. The lowest BCUT2D eigenvalue weighted by molar-refractivity contribution is 0.0670. The number of aromatic nitrogens is 2. The van der Waals surface area contributed by atoms with Crippen molar-refractivity contribution in [3.63, 3.8) is 0 Å². The Labute approximate surface area is 166 Å². The molecule has 1 aliphatic rings. The van der Waals surface area contributed by atoms with Crippen LogP contribution in [0.1, 0.15) is 34.9 Å². The van der Waals surface area contributed by atoms with Crippen molar-refractivity contribution >= 4 is 29.1 Å². The van der Waals surface area contributed by atoms with Crippen LogP contribution in [-0.4, -0.2) is 38.6 Å². The van der Waals surface area contributed by atoms with E-state index in [0.717, 1.165) is 6.20 Å². The lowest BCUT2D eigenvalue weighted by Gasteiger charge is -2.35. The number of hydrogen-bond donors (Lipinski definition) is 2. The maximum Gasteiger partial charge on any atom is 0.273 e. The van der Waals surface area contributed by atoms with Gasteiger partial charge in [0.2, 0.25) is 0 Å². The molecule has 1 amide bonds. The highest BCUT2D eigenvalue weighted by molar-refractivity contribution is 6.42. The van der Waals surface area contributed by atoms with Crippen LogP contribution in [0.3, 0.4) is 0 Å². The number of hydrogen-bond acceptors (Lipinski definition) is 5. The number of amides is 1. The molecule has 9 heteroatoms. The van der Waals surface area contributed by atoms with Crippen molar-refractivity contribution in [3.05, 3.63) is 56.2 Å². The summed E-state index contributed by atoms with van der Waals surface area (Å²) in [5.41, 5.74) is 6.86. The number of phenols is 1. The molecule has 0 radical (unpaired) electrons. The standard InChI is InChI=1S/C18H20Cl2N4O3/c1-23-9-14(22-8-16(23)26)18(27)24-4-2-10(3-5-24)17(21)11-6-12(19)13(20)7-15(11)25/h6-10,17,25H,2-5,21H2,1H3/t17-/m1/s1. The maximum atomic E-state index is 12.6. The van der Waals surface area contributed by atoms with E-state index in [1.165, 1.54) is 16.8 Å². The normalized spacial score (nSPS) is 16.4. The summed E-state index contributed by atoms with van der Waals surface area (Å²) in [6.45, 7) is 1.04. The summed E-state index contributed by atoms with van der Waals surface area (Å²) in [6.07, 6.45) is 3.94. The van der Waals surface area contributed by atoms with Gasteiger partial charge in [-0.05, 0) is 24.8 Å². The molecule has 2 aromatic rings. The van der Waals surface area contributed by atoms with Gasteiger partial charge in [-0.2, -0.15) is 0 Å². The molecule has 0 saturated carbocycles. The van der Waals surface area contributed by atoms with Crippen LogP contribution in [0.2, 0.25) is 10.0 Å². The lowest BCUT2D eigenvalue weighted by Crippen LogP contribution is -2.41. The Morgan fingerprint density at radius 2 is 1.93 bits per heavy atom. The minimum Gasteiger partial charge on any atom is -0.508 e. The highest BCUT2D eigenvalue weighted by atomic mass is 35.5. The third-order valence-corrected chi connectivity index (χ3v) is 5.68. The van der Waals surface area contributed by atoms with Crippen LogP contribution in [0.25, 0.3) is 0 Å². The lowest BCUT2D eigenvalue weighted by atomic mass is 9.85. The van der Waals surface area contributed by atoms with Gasteiger partial charge >= 0.3 is 0 Å². The largest absolute Gasteiger partial charge is 0.508 e. The van der Waals surface area contributed by atoms with Gasteiger partial charge in [-0.3, -0.25) is 9.59 Å². The average Bonchev–Trinajstić information content (AvgIpc) is 2.66. The molecule has 3 N–H and O–H groups in total. The summed E-state index contributed by atoms with van der Waals surface area (Å²) >= 11 is 11.9. The third kappa shape index (κ3) is 4.10. The monoisotopic (exact) mass is 410 g/mol. The zero-order valence-electron chi connectivity index (χ0n) is 14.7. The molecule has 7 nitrogen and oxygen atoms in total. The van der Waals surface area contributed by atoms with Crippen molar-refractivity contribution in [2.75, 3.05) is 13.1 Å². The molecule has 0 aliphatic carbocycles. The Hall–Kier alpha value is -2.09. The molecule has 1 saturated heterocycles. The summed E-state index contributed by atoms with van der Waals surface area (Å²) in [5, 5.41) is 10.7. The number of benzene rings is 1. The first kappa shape index (κ1) is 19.7. The quantitative estimate of drug-likeness (QED) is 0.808. The van der Waals surface area contributed by atoms with Gasteiger partial charge in [0, 0.05) is 44.0 Å². The van der Waals surface area contributed by atoms with E-state index < -0.39 is 6.04 Å². The summed E-state index contributed by atoms with van der Waals surface area (Å²) in [4.78, 5) is 29.6. The second-order valence-corrected chi connectivity index (χ2v) is 7.52. The smallest absolute Gasteiger partial charge is 0.273 e. The first-order valence-corrected chi connectivity index (χ1v) is 9.29. The van der Waals surface area contributed by atoms with Crippen LogP contribution in [0, 0.1) is 5.92 Å². The average molecular weight is 411 g/mol. The van der Waals surface area contributed by atoms with Gasteiger partial charge in [-0.15, -0.1) is 0 Å². The topological polar surface area (TPSA) is 101 Å². The van der Waals surface area contributed by atoms with E-state index in [9.17, 15) is 14.7 Å². The van der Waals surface area contributed by atoms with Crippen LogP contribution in [0.5, 0.6) is 5.75 Å². The highest BCUT2D eigenvalue weighted by Gasteiger charge is 2.30. The van der Waals surface area contributed by atoms with Crippen LogP contribution < -0.4 is 11.3 Å². The fourth-order valence-corrected chi connectivity index (χ4v) is 3.63. The SMILES string of the molecule is Cn1cc(C(=O)N2CCC([C@@H](N)c3cc(Cl)c(Cl)cc3O)CC2)ncc1=O. The van der Waals surface area contributed by atoms with Gasteiger partial charge in [0.05, 0.1) is 16.2 Å². The van der Waals surface area contributed by atoms with E-state index in [1.807, 2.05) is 0 Å². The number of piperidine rings is 1. The number of phenolic OH excluding ortho intramolecular Hbond substituents is 1. The number of halogens is 2. The molecule has 144 valence electrons. The molecule has 27 heavy (non-hydrogen) atoms. The second kappa shape index (κ2) is 7.88. The Morgan fingerprint density at radius 3 is 2.56 bits per heavy atom. The first-order chi connectivity index (χ1) is 12.8. The predicted octanol–water partition coefficient (Wildman–Crippen LogP) is 2.34. The van der Waals surface area contributed by atoms with Crippen molar-refractivity contribution in [3.8, 4) is 5.75 Å². The number of nitrogens with two attached hydrogens (primary N) is 1. The van der Waals surface area contributed by atoms with E-state index in [2.05, 4.69) is 4.98 Å². The van der Waals surface area contributed by atoms with E-state index >= 15 is 0 Å². The summed E-state index contributed by atoms with van der Waals surface area (Å²) in [7, 11) is 1.58. The molecular formula is C18H20Cl2N4O3. The Bertz CT molecular complexity index is 923. The fraction of sp³-hybridized carbons (Fsp3) is 0.389. The fourth-order valence-electron chi connectivity index (χ4n) is 3.30. The Balaban J connectivity index is 1.68. The zero-order chi connectivity index (χ0) is 19.7. The number of rotatable bonds is 3. The van der Waals surface area contributed by atoms with Gasteiger partial charge in [0.1, 0.15) is 11.4 Å². The van der Waals surface area contributed by atoms with Crippen molar-refractivity contribution in [2.45, 2.75) is 18.9 Å². The summed E-state index contributed by atoms with van der Waals surface area (Å²) in [6, 6.07) is 2.58. The Kier molecular flexibility index (Phi) is 5.74. The minimum atomic E-state index is -0.410. The third-order valence-electron chi connectivity index (χ3n) is 4.96. The minimum absolute atomic E-state index is 0.0183. The van der Waals surface area contributed by atoms with Crippen LogP contribution in [-0.2, 0) is 7.05 Å². The molecule has 1 aromatic heterocycles. The molecule has 1 aliphatic heterocycles. The van der Waals surface area contributed by atoms with Gasteiger partial charge in [-0.1, -0.05) is 23.2 Å². The van der Waals surface area contributed by atoms with Crippen molar-refractivity contribution in [1.29, 1.82) is 0 Å². The van der Waals surface area contributed by atoms with Gasteiger partial charge in [-0.25, -0.2) is 4.98 Å². The van der Waals surface area contributed by atoms with Crippen LogP contribution in [0.15, 0.2) is 29.3 Å². The van der Waals surface area contributed by atoms with Gasteiger partial charge in [0.25, 0.3) is 11.5 Å². The van der Waals surface area contributed by atoms with E-state index in [4.69, 9.17) is 28.9 Å². The van der Waals surface area contributed by atoms with E-state index in [0.29, 0.717) is 36.5 Å². The van der Waals surface area contributed by atoms with Gasteiger partial charge < -0.3 is 20.3 Å². The van der Waals surface area contributed by atoms with Crippen molar-refractivity contribution < 1.29 is 9.90 Å². The number of aromatic hydroxyl groups is 1. The number of carbonyl (C=O) groups is 1. The molecule has 1 aromatic carbocycles. The van der Waals surface area contributed by atoms with Crippen molar-refractivity contribution in [1.82, 2.24) is 14.5 Å². The number of carbonyl (C=O) groups excluding carboxylic acids is 1. The molecule has 3 rings (SSSR count). The molecule has 1 fully saturated rings. The number of aryl methyl sites for hydroxylation is 1. The molecule has 2 heterocycles. The highest BCUT2D eigenvalue weighted by Crippen LogP contribution is 2.37. The van der Waals surface area contributed by atoms with Gasteiger partial charge in [0.15, 0.2) is 0 Å². The number of nitrogens with zero attached hydrogens (tertiary/aromatic N) is 3.